The van der Waals surface area contributed by atoms with E-state index in [0.717, 1.165) is 30.6 Å². The Morgan fingerprint density at radius 3 is 2.62 bits per heavy atom. The molecule has 1 atom stereocenters. The van der Waals surface area contributed by atoms with Crippen LogP contribution in [0.15, 0.2) is 48.5 Å². The summed E-state index contributed by atoms with van der Waals surface area (Å²) >= 11 is 0. The van der Waals surface area contributed by atoms with Crippen LogP contribution in [-0.2, 0) is 6.42 Å². The highest BCUT2D eigenvalue weighted by Gasteiger charge is 2.08. The van der Waals surface area contributed by atoms with Crippen LogP contribution in [0.5, 0.6) is 0 Å². The van der Waals surface area contributed by atoms with Gasteiger partial charge < -0.3 is 15.7 Å². The Morgan fingerprint density at radius 2 is 1.96 bits per heavy atom. The number of nitrogens with one attached hydrogen (secondary N) is 2. The maximum atomic E-state index is 13.1. The Balaban J connectivity index is 1.76. The third-order valence-electron chi connectivity index (χ3n) is 3.66. The Morgan fingerprint density at radius 1 is 1.21 bits per heavy atom. The van der Waals surface area contributed by atoms with Crippen LogP contribution < -0.4 is 10.6 Å². The van der Waals surface area contributed by atoms with Crippen molar-refractivity contribution in [1.82, 2.24) is 5.32 Å². The van der Waals surface area contributed by atoms with E-state index < -0.39 is 0 Å². The summed E-state index contributed by atoms with van der Waals surface area (Å²) in [6, 6.07) is 13.6. The Bertz CT molecular complexity index is 659. The second-order valence-electron chi connectivity index (χ2n) is 5.79. The van der Waals surface area contributed by atoms with E-state index in [1.807, 2.05) is 18.2 Å². The van der Waals surface area contributed by atoms with Gasteiger partial charge >= 0.3 is 0 Å². The Kier molecular flexibility index (Phi) is 6.75. The zero-order chi connectivity index (χ0) is 17.4. The summed E-state index contributed by atoms with van der Waals surface area (Å²) in [6.07, 6.45) is 1.70. The van der Waals surface area contributed by atoms with Gasteiger partial charge in [-0.1, -0.05) is 12.1 Å². The van der Waals surface area contributed by atoms with Gasteiger partial charge in [-0.3, -0.25) is 4.79 Å². The van der Waals surface area contributed by atoms with Gasteiger partial charge in [0.2, 0.25) is 0 Å². The number of halogens is 1. The standard InChI is InChI=1S/C19H23FN2O2/c1-14(13-23)22-19(24)16-7-9-18(10-8-16)21-11-3-5-15-4-2-6-17(20)12-15/h2,4,6-10,12,14,21,23H,3,5,11,13H2,1H3,(H,22,24). The number of carbonyl (C=O) groups excluding carboxylic acids is 1. The first-order valence-electron chi connectivity index (χ1n) is 8.08. The van der Waals surface area contributed by atoms with Crippen molar-refractivity contribution < 1.29 is 14.3 Å². The van der Waals surface area contributed by atoms with E-state index in [1.165, 1.54) is 6.07 Å². The van der Waals surface area contributed by atoms with Crippen molar-refractivity contribution >= 4 is 11.6 Å². The molecule has 2 aromatic carbocycles. The van der Waals surface area contributed by atoms with E-state index >= 15 is 0 Å². The number of hydrogen-bond donors (Lipinski definition) is 3. The molecule has 128 valence electrons. The molecule has 3 N–H and O–H groups in total. The lowest BCUT2D eigenvalue weighted by molar-refractivity contribution is 0.0922. The van der Waals surface area contributed by atoms with Gasteiger partial charge in [-0.2, -0.15) is 0 Å². The van der Waals surface area contributed by atoms with Crippen molar-refractivity contribution in [2.24, 2.45) is 0 Å². The van der Waals surface area contributed by atoms with Crippen LogP contribution >= 0.6 is 0 Å². The maximum absolute atomic E-state index is 13.1. The lowest BCUT2D eigenvalue weighted by atomic mass is 10.1. The fourth-order valence-electron chi connectivity index (χ4n) is 2.31. The minimum absolute atomic E-state index is 0.0866. The van der Waals surface area contributed by atoms with E-state index in [1.54, 1.807) is 31.2 Å². The molecule has 2 rings (SSSR count). The molecule has 0 saturated heterocycles. The lowest BCUT2D eigenvalue weighted by Crippen LogP contribution is -2.34. The smallest absolute Gasteiger partial charge is 0.251 e. The first-order chi connectivity index (χ1) is 11.6. The number of aryl methyl sites for hydroxylation is 1. The van der Waals surface area contributed by atoms with Gasteiger partial charge in [0.15, 0.2) is 0 Å². The first-order valence-corrected chi connectivity index (χ1v) is 8.08. The molecular weight excluding hydrogens is 307 g/mol. The lowest BCUT2D eigenvalue weighted by Gasteiger charge is -2.11. The van der Waals surface area contributed by atoms with Crippen LogP contribution in [-0.4, -0.2) is 30.2 Å². The topological polar surface area (TPSA) is 61.4 Å². The second-order valence-corrected chi connectivity index (χ2v) is 5.79. The number of anilines is 1. The van der Waals surface area contributed by atoms with Crippen molar-refractivity contribution in [2.75, 3.05) is 18.5 Å². The summed E-state index contributed by atoms with van der Waals surface area (Å²) in [5.74, 6) is -0.404. The molecule has 0 heterocycles. The number of amides is 1. The van der Waals surface area contributed by atoms with Gasteiger partial charge in [0, 0.05) is 23.8 Å². The summed E-state index contributed by atoms with van der Waals surface area (Å²) in [4.78, 5) is 11.9. The quantitative estimate of drug-likeness (QED) is 0.652. The minimum Gasteiger partial charge on any atom is -0.394 e. The SMILES string of the molecule is CC(CO)NC(=O)c1ccc(NCCCc2cccc(F)c2)cc1. The molecule has 24 heavy (non-hydrogen) atoms. The molecule has 5 heteroatoms. The van der Waals surface area contributed by atoms with Gasteiger partial charge in [-0.05, 0) is 61.7 Å². The molecule has 0 aliphatic carbocycles. The van der Waals surface area contributed by atoms with Crippen molar-refractivity contribution in [2.45, 2.75) is 25.8 Å². The zero-order valence-corrected chi connectivity index (χ0v) is 13.8. The Labute approximate surface area is 141 Å². The highest BCUT2D eigenvalue weighted by molar-refractivity contribution is 5.94. The van der Waals surface area contributed by atoms with Crippen molar-refractivity contribution in [3.63, 3.8) is 0 Å². The molecule has 0 fully saturated rings. The van der Waals surface area contributed by atoms with E-state index in [0.29, 0.717) is 5.56 Å². The molecule has 0 radical (unpaired) electrons. The monoisotopic (exact) mass is 330 g/mol. The van der Waals surface area contributed by atoms with Crippen molar-refractivity contribution in [3.05, 3.63) is 65.5 Å². The summed E-state index contributed by atoms with van der Waals surface area (Å²) in [7, 11) is 0. The highest BCUT2D eigenvalue weighted by Crippen LogP contribution is 2.11. The van der Waals surface area contributed by atoms with Gasteiger partial charge in [-0.15, -0.1) is 0 Å². The summed E-state index contributed by atoms with van der Waals surface area (Å²) in [5.41, 5.74) is 2.48. The number of hydrogen-bond acceptors (Lipinski definition) is 3. The number of carbonyl (C=O) groups is 1. The summed E-state index contributed by atoms with van der Waals surface area (Å²) in [6.45, 7) is 2.42. The Hall–Kier alpha value is -2.40. The number of aliphatic hydroxyl groups is 1. The third kappa shape index (κ3) is 5.66. The average Bonchev–Trinajstić information content (AvgIpc) is 2.59. The predicted octanol–water partition coefficient (Wildman–Crippen LogP) is 2.98. The predicted molar refractivity (Wildman–Crippen MR) is 93.7 cm³/mol. The molecule has 0 saturated carbocycles. The van der Waals surface area contributed by atoms with Gasteiger partial charge in [0.05, 0.1) is 6.61 Å². The van der Waals surface area contributed by atoms with E-state index in [4.69, 9.17) is 5.11 Å². The van der Waals surface area contributed by atoms with Crippen LogP contribution in [0.3, 0.4) is 0 Å². The van der Waals surface area contributed by atoms with Crippen molar-refractivity contribution in [1.29, 1.82) is 0 Å². The fraction of sp³-hybridized carbons (Fsp3) is 0.316. The number of aliphatic hydroxyl groups excluding tert-OH is 1. The maximum Gasteiger partial charge on any atom is 0.251 e. The molecule has 1 amide bonds. The molecule has 2 aromatic rings. The van der Waals surface area contributed by atoms with Crippen LogP contribution in [0.4, 0.5) is 10.1 Å². The van der Waals surface area contributed by atoms with Crippen LogP contribution in [0.1, 0.15) is 29.3 Å². The van der Waals surface area contributed by atoms with Gasteiger partial charge in [-0.25, -0.2) is 4.39 Å². The van der Waals surface area contributed by atoms with E-state index in [9.17, 15) is 9.18 Å². The van der Waals surface area contributed by atoms with Gasteiger partial charge in [0.25, 0.3) is 5.91 Å². The largest absolute Gasteiger partial charge is 0.394 e. The highest BCUT2D eigenvalue weighted by atomic mass is 19.1. The van der Waals surface area contributed by atoms with Crippen LogP contribution in [0, 0.1) is 5.82 Å². The first kappa shape index (κ1) is 17.9. The zero-order valence-electron chi connectivity index (χ0n) is 13.8. The normalized spacial score (nSPS) is 11.8. The molecule has 0 aliphatic rings. The van der Waals surface area contributed by atoms with Crippen LogP contribution in [0.2, 0.25) is 0 Å². The molecule has 0 bridgehead atoms. The summed E-state index contributed by atoms with van der Waals surface area (Å²) in [5, 5.41) is 14.9. The third-order valence-corrected chi connectivity index (χ3v) is 3.66. The minimum atomic E-state index is -0.266. The second kappa shape index (κ2) is 9.03. The molecule has 0 aliphatic heterocycles. The number of rotatable bonds is 8. The van der Waals surface area contributed by atoms with Crippen molar-refractivity contribution in [3.8, 4) is 0 Å². The molecule has 0 aromatic heterocycles. The fourth-order valence-corrected chi connectivity index (χ4v) is 2.31. The summed E-state index contributed by atoms with van der Waals surface area (Å²) < 4.78 is 13.1. The van der Waals surface area contributed by atoms with Gasteiger partial charge in [0.1, 0.15) is 5.82 Å². The van der Waals surface area contributed by atoms with Crippen LogP contribution in [0.25, 0.3) is 0 Å². The number of benzene rings is 2. The molecular formula is C19H23FN2O2. The molecule has 1 unspecified atom stereocenters. The van der Waals surface area contributed by atoms with E-state index in [2.05, 4.69) is 10.6 Å². The average molecular weight is 330 g/mol. The molecule has 0 spiro atoms. The van der Waals surface area contributed by atoms with E-state index in [-0.39, 0.29) is 24.4 Å². The molecule has 4 nitrogen and oxygen atoms in total.